The van der Waals surface area contributed by atoms with E-state index in [2.05, 4.69) is 35.9 Å². The predicted octanol–water partition coefficient (Wildman–Crippen LogP) is 4.02. The molecule has 2 nitrogen and oxygen atoms in total. The van der Waals surface area contributed by atoms with Crippen molar-refractivity contribution in [2.75, 3.05) is 7.11 Å². The van der Waals surface area contributed by atoms with Crippen LogP contribution < -0.4 is 0 Å². The van der Waals surface area contributed by atoms with E-state index in [0.717, 1.165) is 12.0 Å². The number of methoxy groups -OCH3 is 1. The highest BCUT2D eigenvalue weighted by Crippen LogP contribution is 2.21. The summed E-state index contributed by atoms with van der Waals surface area (Å²) in [6.07, 6.45) is 2.62. The molecule has 0 heterocycles. The van der Waals surface area contributed by atoms with E-state index in [1.165, 1.54) is 30.2 Å². The van der Waals surface area contributed by atoms with E-state index >= 15 is 0 Å². The first-order valence-corrected chi connectivity index (χ1v) is 6.98. The first-order valence-electron chi connectivity index (χ1n) is 6.98. The van der Waals surface area contributed by atoms with Gasteiger partial charge in [0.25, 0.3) is 0 Å². The van der Waals surface area contributed by atoms with Gasteiger partial charge in [-0.05, 0) is 28.7 Å². The van der Waals surface area contributed by atoms with Crippen LogP contribution >= 0.6 is 0 Å². The second-order valence-corrected chi connectivity index (χ2v) is 4.90. The van der Waals surface area contributed by atoms with Gasteiger partial charge in [-0.1, -0.05) is 61.9 Å². The Morgan fingerprint density at radius 2 is 1.40 bits per heavy atom. The third-order valence-corrected chi connectivity index (χ3v) is 3.36. The summed E-state index contributed by atoms with van der Waals surface area (Å²) < 4.78 is 4.67. The monoisotopic (exact) mass is 268 g/mol. The Morgan fingerprint density at radius 1 is 0.900 bits per heavy atom. The lowest BCUT2D eigenvalue weighted by atomic mass is 10.0. The van der Waals surface area contributed by atoms with Gasteiger partial charge < -0.3 is 4.74 Å². The summed E-state index contributed by atoms with van der Waals surface area (Å²) in [7, 11) is 1.41. The van der Waals surface area contributed by atoms with Gasteiger partial charge in [0.15, 0.2) is 0 Å². The van der Waals surface area contributed by atoms with Crippen LogP contribution in [-0.2, 0) is 22.4 Å². The van der Waals surface area contributed by atoms with E-state index in [-0.39, 0.29) is 5.97 Å². The number of aryl methyl sites for hydroxylation is 1. The summed E-state index contributed by atoms with van der Waals surface area (Å²) in [5.74, 6) is -0.207. The van der Waals surface area contributed by atoms with Gasteiger partial charge in [0.1, 0.15) is 0 Å². The Balaban J connectivity index is 2.11. The predicted molar refractivity (Wildman–Crippen MR) is 81.6 cm³/mol. The highest BCUT2D eigenvalue weighted by Gasteiger charge is 2.03. The topological polar surface area (TPSA) is 26.3 Å². The zero-order chi connectivity index (χ0) is 14.4. The van der Waals surface area contributed by atoms with E-state index in [9.17, 15) is 4.79 Å². The van der Waals surface area contributed by atoms with Crippen molar-refractivity contribution in [3.8, 4) is 11.1 Å². The van der Waals surface area contributed by atoms with E-state index < -0.39 is 0 Å². The van der Waals surface area contributed by atoms with Gasteiger partial charge in [-0.2, -0.15) is 0 Å². The van der Waals surface area contributed by atoms with Crippen LogP contribution in [0.15, 0.2) is 48.5 Å². The van der Waals surface area contributed by atoms with E-state index in [0.29, 0.717) is 6.42 Å². The maximum Gasteiger partial charge on any atom is 0.309 e. The molecule has 2 aromatic carbocycles. The van der Waals surface area contributed by atoms with Gasteiger partial charge in [0, 0.05) is 0 Å². The van der Waals surface area contributed by atoms with Gasteiger partial charge >= 0.3 is 5.97 Å². The molecule has 2 heteroatoms. The zero-order valence-electron chi connectivity index (χ0n) is 12.1. The number of rotatable bonds is 5. The molecule has 0 saturated carbocycles. The summed E-state index contributed by atoms with van der Waals surface area (Å²) in [4.78, 5) is 11.2. The number of hydrogen-bond acceptors (Lipinski definition) is 2. The summed E-state index contributed by atoms with van der Waals surface area (Å²) >= 11 is 0. The SMILES string of the molecule is CCCc1ccc(-c2ccc(CC(=O)OC)cc2)cc1. The van der Waals surface area contributed by atoms with Crippen molar-refractivity contribution in [1.82, 2.24) is 0 Å². The molecule has 20 heavy (non-hydrogen) atoms. The van der Waals surface area contributed by atoms with Crippen molar-refractivity contribution >= 4 is 5.97 Å². The molecule has 2 aromatic rings. The van der Waals surface area contributed by atoms with E-state index in [1.807, 2.05) is 24.3 Å². The lowest BCUT2D eigenvalue weighted by molar-refractivity contribution is -0.139. The van der Waals surface area contributed by atoms with Crippen LogP contribution in [0, 0.1) is 0 Å². The summed E-state index contributed by atoms with van der Waals surface area (Å²) in [5, 5.41) is 0. The van der Waals surface area contributed by atoms with Crippen LogP contribution in [0.25, 0.3) is 11.1 Å². The first kappa shape index (κ1) is 14.3. The Kier molecular flexibility index (Phi) is 4.94. The highest BCUT2D eigenvalue weighted by atomic mass is 16.5. The van der Waals surface area contributed by atoms with E-state index in [4.69, 9.17) is 0 Å². The van der Waals surface area contributed by atoms with Crippen LogP contribution in [0.2, 0.25) is 0 Å². The van der Waals surface area contributed by atoms with Crippen LogP contribution in [0.3, 0.4) is 0 Å². The minimum absolute atomic E-state index is 0.207. The second kappa shape index (κ2) is 6.90. The molecule has 0 amide bonds. The zero-order valence-corrected chi connectivity index (χ0v) is 12.1. The second-order valence-electron chi connectivity index (χ2n) is 4.90. The third-order valence-electron chi connectivity index (χ3n) is 3.36. The molecule has 0 N–H and O–H groups in total. The van der Waals surface area contributed by atoms with Gasteiger partial charge in [0.2, 0.25) is 0 Å². The first-order chi connectivity index (χ1) is 9.72. The quantitative estimate of drug-likeness (QED) is 0.765. The minimum atomic E-state index is -0.207. The van der Waals surface area contributed by atoms with Crippen LogP contribution in [0.1, 0.15) is 24.5 Å². The van der Waals surface area contributed by atoms with E-state index in [1.54, 1.807) is 0 Å². The number of carbonyl (C=O) groups excluding carboxylic acids is 1. The van der Waals surface area contributed by atoms with Crippen molar-refractivity contribution in [2.24, 2.45) is 0 Å². The highest BCUT2D eigenvalue weighted by molar-refractivity contribution is 5.73. The number of hydrogen-bond donors (Lipinski definition) is 0. The molecule has 0 aliphatic carbocycles. The van der Waals surface area contributed by atoms with Gasteiger partial charge in [0.05, 0.1) is 13.5 Å². The average Bonchev–Trinajstić information content (AvgIpc) is 2.49. The normalized spacial score (nSPS) is 10.3. The summed E-state index contributed by atoms with van der Waals surface area (Å²) in [5.41, 5.74) is 4.72. The minimum Gasteiger partial charge on any atom is -0.469 e. The largest absolute Gasteiger partial charge is 0.469 e. The Bertz CT molecular complexity index is 553. The van der Waals surface area contributed by atoms with Crippen molar-refractivity contribution in [3.05, 3.63) is 59.7 Å². The third kappa shape index (κ3) is 3.70. The fraction of sp³-hybridized carbons (Fsp3) is 0.278. The van der Waals surface area contributed by atoms with Crippen LogP contribution in [0.4, 0.5) is 0 Å². The molecule has 2 rings (SSSR count). The van der Waals surface area contributed by atoms with Crippen LogP contribution in [0.5, 0.6) is 0 Å². The molecule has 0 radical (unpaired) electrons. The number of ether oxygens (including phenoxy) is 1. The fourth-order valence-corrected chi connectivity index (χ4v) is 2.21. The molecule has 0 unspecified atom stereocenters. The maximum absolute atomic E-state index is 11.2. The molecule has 0 bridgehead atoms. The summed E-state index contributed by atoms with van der Waals surface area (Å²) in [6, 6.07) is 16.7. The molecule has 104 valence electrons. The van der Waals surface area contributed by atoms with Crippen molar-refractivity contribution in [2.45, 2.75) is 26.2 Å². The molecular formula is C18H20O2. The number of esters is 1. The van der Waals surface area contributed by atoms with Gasteiger partial charge in [-0.25, -0.2) is 0 Å². The standard InChI is InChI=1S/C18H20O2/c1-3-4-14-5-9-16(10-6-14)17-11-7-15(8-12-17)13-18(19)20-2/h5-12H,3-4,13H2,1-2H3. The molecule has 0 aliphatic heterocycles. The summed E-state index contributed by atoms with van der Waals surface area (Å²) in [6.45, 7) is 2.19. The lowest BCUT2D eigenvalue weighted by Gasteiger charge is -2.05. The number of benzene rings is 2. The van der Waals surface area contributed by atoms with Crippen molar-refractivity contribution in [3.63, 3.8) is 0 Å². The molecule has 0 aromatic heterocycles. The Morgan fingerprint density at radius 3 is 1.85 bits per heavy atom. The van der Waals surface area contributed by atoms with Crippen molar-refractivity contribution < 1.29 is 9.53 Å². The molecule has 0 aliphatic rings. The Labute approximate surface area is 120 Å². The van der Waals surface area contributed by atoms with Crippen LogP contribution in [-0.4, -0.2) is 13.1 Å². The molecular weight excluding hydrogens is 248 g/mol. The Hall–Kier alpha value is -2.09. The van der Waals surface area contributed by atoms with Crippen molar-refractivity contribution in [1.29, 1.82) is 0 Å². The van der Waals surface area contributed by atoms with Gasteiger partial charge in [-0.3, -0.25) is 4.79 Å². The fourth-order valence-electron chi connectivity index (χ4n) is 2.21. The average molecular weight is 268 g/mol. The smallest absolute Gasteiger partial charge is 0.309 e. The van der Waals surface area contributed by atoms with Gasteiger partial charge in [-0.15, -0.1) is 0 Å². The molecule has 0 atom stereocenters. The molecule has 0 spiro atoms. The number of carbonyl (C=O) groups is 1. The molecule has 0 saturated heterocycles. The maximum atomic E-state index is 11.2. The molecule has 0 fully saturated rings. The lowest BCUT2D eigenvalue weighted by Crippen LogP contribution is -2.04.